The highest BCUT2D eigenvalue weighted by atomic mass is 32.2. The molecule has 1 saturated heterocycles. The second-order valence-corrected chi connectivity index (χ2v) is 6.66. The van der Waals surface area contributed by atoms with Gasteiger partial charge in [-0.2, -0.15) is 0 Å². The van der Waals surface area contributed by atoms with Crippen LogP contribution in [0.1, 0.15) is 19.8 Å². The first kappa shape index (κ1) is 16.1. The summed E-state index contributed by atoms with van der Waals surface area (Å²) in [4.78, 5) is 0.0641. The van der Waals surface area contributed by atoms with Crippen molar-refractivity contribution in [1.82, 2.24) is 4.72 Å². The Morgan fingerprint density at radius 1 is 1.33 bits per heavy atom. The molecule has 1 N–H and O–H groups in total. The third-order valence-electron chi connectivity index (χ3n) is 3.52. The summed E-state index contributed by atoms with van der Waals surface area (Å²) in [5.74, 6) is 0.740. The van der Waals surface area contributed by atoms with E-state index >= 15 is 0 Å². The molecular weight excluding hydrogens is 294 g/mol. The van der Waals surface area contributed by atoms with Crippen LogP contribution in [0.5, 0.6) is 11.5 Å². The van der Waals surface area contributed by atoms with Crippen LogP contribution in [0, 0.1) is 0 Å². The van der Waals surface area contributed by atoms with E-state index in [0.29, 0.717) is 12.4 Å². The van der Waals surface area contributed by atoms with E-state index in [9.17, 15) is 8.42 Å². The van der Waals surface area contributed by atoms with E-state index < -0.39 is 10.0 Å². The summed E-state index contributed by atoms with van der Waals surface area (Å²) in [5, 5.41) is 0. The molecule has 1 fully saturated rings. The lowest BCUT2D eigenvalue weighted by atomic mass is 10.1. The van der Waals surface area contributed by atoms with E-state index in [1.165, 1.54) is 20.3 Å². The number of sulfonamides is 1. The minimum absolute atomic E-state index is 0.0641. The SMILES string of the molecule is COc1ccc(OC)c(S(=O)(=O)N[C@H](C)[C@H]2CCCO2)c1. The number of hydrogen-bond acceptors (Lipinski definition) is 5. The number of ether oxygens (including phenoxy) is 3. The molecule has 1 aromatic rings. The lowest BCUT2D eigenvalue weighted by Gasteiger charge is -2.20. The molecule has 7 heteroatoms. The van der Waals surface area contributed by atoms with Gasteiger partial charge >= 0.3 is 0 Å². The van der Waals surface area contributed by atoms with Gasteiger partial charge in [0.2, 0.25) is 10.0 Å². The first-order chi connectivity index (χ1) is 9.97. The summed E-state index contributed by atoms with van der Waals surface area (Å²) >= 11 is 0. The van der Waals surface area contributed by atoms with Crippen molar-refractivity contribution in [3.8, 4) is 11.5 Å². The van der Waals surface area contributed by atoms with Gasteiger partial charge < -0.3 is 14.2 Å². The molecule has 1 heterocycles. The lowest BCUT2D eigenvalue weighted by molar-refractivity contribution is 0.0902. The van der Waals surface area contributed by atoms with Crippen LogP contribution in [0.4, 0.5) is 0 Å². The summed E-state index contributed by atoms with van der Waals surface area (Å²) in [5.41, 5.74) is 0. The van der Waals surface area contributed by atoms with Gasteiger partial charge in [-0.05, 0) is 31.9 Å². The molecule has 2 rings (SSSR count). The number of hydrogen-bond donors (Lipinski definition) is 1. The molecule has 0 aliphatic carbocycles. The van der Waals surface area contributed by atoms with Gasteiger partial charge in [0.1, 0.15) is 16.4 Å². The summed E-state index contributed by atoms with van der Waals surface area (Å²) in [6, 6.07) is 4.38. The molecular formula is C14H21NO5S. The van der Waals surface area contributed by atoms with Crippen molar-refractivity contribution in [2.75, 3.05) is 20.8 Å². The predicted octanol–water partition coefficient (Wildman–Crippen LogP) is 1.55. The second-order valence-electron chi connectivity index (χ2n) is 4.98. The normalized spacial score (nSPS) is 20.2. The highest BCUT2D eigenvalue weighted by molar-refractivity contribution is 7.89. The zero-order valence-corrected chi connectivity index (χ0v) is 13.3. The minimum atomic E-state index is -3.71. The third kappa shape index (κ3) is 3.66. The second kappa shape index (κ2) is 6.64. The van der Waals surface area contributed by atoms with E-state index in [1.807, 2.05) is 0 Å². The van der Waals surface area contributed by atoms with Gasteiger partial charge in [0, 0.05) is 18.7 Å². The van der Waals surface area contributed by atoms with Crippen LogP contribution in [0.15, 0.2) is 23.1 Å². The van der Waals surface area contributed by atoms with Crippen LogP contribution in [0.25, 0.3) is 0 Å². The number of nitrogens with one attached hydrogen (secondary N) is 1. The molecule has 0 amide bonds. The van der Waals surface area contributed by atoms with E-state index in [-0.39, 0.29) is 22.8 Å². The Labute approximate surface area is 125 Å². The van der Waals surface area contributed by atoms with Crippen molar-refractivity contribution < 1.29 is 22.6 Å². The third-order valence-corrected chi connectivity index (χ3v) is 5.10. The molecule has 0 radical (unpaired) electrons. The predicted molar refractivity (Wildman–Crippen MR) is 78.3 cm³/mol. The Bertz CT molecular complexity index is 581. The Balaban J connectivity index is 2.25. The van der Waals surface area contributed by atoms with Crippen LogP contribution in [-0.2, 0) is 14.8 Å². The summed E-state index contributed by atoms with van der Waals surface area (Å²) in [7, 11) is -0.786. The van der Waals surface area contributed by atoms with Crippen LogP contribution >= 0.6 is 0 Å². The van der Waals surface area contributed by atoms with E-state index in [1.54, 1.807) is 19.1 Å². The Kier molecular flexibility index (Phi) is 5.08. The molecule has 0 spiro atoms. The Morgan fingerprint density at radius 3 is 2.67 bits per heavy atom. The molecule has 0 bridgehead atoms. The molecule has 1 aromatic carbocycles. The van der Waals surface area contributed by atoms with Crippen LogP contribution in [0.2, 0.25) is 0 Å². The molecule has 0 unspecified atom stereocenters. The first-order valence-electron chi connectivity index (χ1n) is 6.84. The molecule has 1 aliphatic rings. The maximum Gasteiger partial charge on any atom is 0.244 e. The number of benzene rings is 1. The van der Waals surface area contributed by atoms with Gasteiger partial charge in [0.25, 0.3) is 0 Å². The highest BCUT2D eigenvalue weighted by Crippen LogP contribution is 2.28. The maximum atomic E-state index is 12.5. The van der Waals surface area contributed by atoms with Crippen LogP contribution in [-0.4, -0.2) is 41.4 Å². The van der Waals surface area contributed by atoms with Gasteiger partial charge in [-0.25, -0.2) is 13.1 Å². The van der Waals surface area contributed by atoms with Crippen molar-refractivity contribution in [3.05, 3.63) is 18.2 Å². The van der Waals surface area contributed by atoms with E-state index in [0.717, 1.165) is 12.8 Å². The smallest absolute Gasteiger partial charge is 0.244 e. The minimum Gasteiger partial charge on any atom is -0.497 e. The zero-order chi connectivity index (χ0) is 15.5. The molecule has 2 atom stereocenters. The van der Waals surface area contributed by atoms with Gasteiger partial charge in [-0.15, -0.1) is 0 Å². The van der Waals surface area contributed by atoms with Gasteiger partial charge in [0.15, 0.2) is 0 Å². The number of rotatable bonds is 6. The first-order valence-corrected chi connectivity index (χ1v) is 8.32. The van der Waals surface area contributed by atoms with Gasteiger partial charge in [0.05, 0.1) is 20.3 Å². The summed E-state index contributed by atoms with van der Waals surface area (Å²) in [6.07, 6.45) is 1.73. The summed E-state index contributed by atoms with van der Waals surface area (Å²) in [6.45, 7) is 2.49. The average Bonchev–Trinajstić information content (AvgIpc) is 3.00. The molecule has 0 aromatic heterocycles. The van der Waals surface area contributed by atoms with E-state index in [2.05, 4.69) is 4.72 Å². The van der Waals surface area contributed by atoms with Crippen LogP contribution in [0.3, 0.4) is 0 Å². The average molecular weight is 315 g/mol. The molecule has 1 aliphatic heterocycles. The van der Waals surface area contributed by atoms with Crippen molar-refractivity contribution in [2.24, 2.45) is 0 Å². The standard InChI is InChI=1S/C14H21NO5S/c1-10(12-5-4-8-20-12)15-21(16,17)14-9-11(18-2)6-7-13(14)19-3/h6-7,9-10,12,15H,4-5,8H2,1-3H3/t10-,12-/m1/s1. The van der Waals surface area contributed by atoms with Crippen molar-refractivity contribution >= 4 is 10.0 Å². The van der Waals surface area contributed by atoms with Gasteiger partial charge in [-0.1, -0.05) is 0 Å². The highest BCUT2D eigenvalue weighted by Gasteiger charge is 2.28. The quantitative estimate of drug-likeness (QED) is 0.862. The monoisotopic (exact) mass is 315 g/mol. The maximum absolute atomic E-state index is 12.5. The largest absolute Gasteiger partial charge is 0.497 e. The molecule has 21 heavy (non-hydrogen) atoms. The van der Waals surface area contributed by atoms with Gasteiger partial charge in [-0.3, -0.25) is 0 Å². The van der Waals surface area contributed by atoms with E-state index in [4.69, 9.17) is 14.2 Å². The summed E-state index contributed by atoms with van der Waals surface area (Å²) < 4.78 is 43.5. The Hall–Kier alpha value is -1.31. The van der Waals surface area contributed by atoms with Crippen molar-refractivity contribution in [3.63, 3.8) is 0 Å². The van der Waals surface area contributed by atoms with Crippen LogP contribution < -0.4 is 14.2 Å². The Morgan fingerprint density at radius 2 is 2.10 bits per heavy atom. The fraction of sp³-hybridized carbons (Fsp3) is 0.571. The molecule has 0 saturated carbocycles. The zero-order valence-electron chi connectivity index (χ0n) is 12.5. The lowest BCUT2D eigenvalue weighted by Crippen LogP contribution is -2.40. The molecule has 118 valence electrons. The van der Waals surface area contributed by atoms with Crippen molar-refractivity contribution in [1.29, 1.82) is 0 Å². The molecule has 6 nitrogen and oxygen atoms in total. The number of methoxy groups -OCH3 is 2. The fourth-order valence-electron chi connectivity index (χ4n) is 2.38. The van der Waals surface area contributed by atoms with Crippen molar-refractivity contribution in [2.45, 2.75) is 36.8 Å². The topological polar surface area (TPSA) is 73.9 Å². The fourth-order valence-corrected chi connectivity index (χ4v) is 3.83.